The number of hydrogen-bond donors (Lipinski definition) is 2. The van der Waals surface area contributed by atoms with Crippen molar-refractivity contribution < 1.29 is 9.90 Å². The van der Waals surface area contributed by atoms with Crippen molar-refractivity contribution in [2.24, 2.45) is 5.92 Å². The zero-order chi connectivity index (χ0) is 14.8. The first-order valence-electron chi connectivity index (χ1n) is 6.84. The SMILES string of the molecule is CC1CCCC(CO)(NC(=O)c2cc(Br)ccc2Br)C1. The molecule has 20 heavy (non-hydrogen) atoms. The van der Waals surface area contributed by atoms with E-state index in [1.54, 1.807) is 6.07 Å². The molecule has 2 unspecified atom stereocenters. The third-order valence-electron chi connectivity index (χ3n) is 3.95. The number of aliphatic hydroxyl groups is 1. The molecular formula is C15H19Br2NO2. The topological polar surface area (TPSA) is 49.3 Å². The summed E-state index contributed by atoms with van der Waals surface area (Å²) in [7, 11) is 0. The highest BCUT2D eigenvalue weighted by Gasteiger charge is 2.36. The Morgan fingerprint density at radius 1 is 1.50 bits per heavy atom. The molecule has 0 aromatic heterocycles. The molecule has 110 valence electrons. The number of hydrogen-bond acceptors (Lipinski definition) is 2. The van der Waals surface area contributed by atoms with Gasteiger partial charge in [0.05, 0.1) is 17.7 Å². The maximum atomic E-state index is 12.5. The van der Waals surface area contributed by atoms with E-state index in [1.807, 2.05) is 12.1 Å². The Kier molecular flexibility index (Phi) is 5.26. The zero-order valence-corrected chi connectivity index (χ0v) is 14.6. The first-order chi connectivity index (χ1) is 9.46. The highest BCUT2D eigenvalue weighted by atomic mass is 79.9. The monoisotopic (exact) mass is 403 g/mol. The minimum Gasteiger partial charge on any atom is -0.394 e. The van der Waals surface area contributed by atoms with Gasteiger partial charge in [0, 0.05) is 8.95 Å². The van der Waals surface area contributed by atoms with Crippen molar-refractivity contribution in [3.63, 3.8) is 0 Å². The summed E-state index contributed by atoms with van der Waals surface area (Å²) >= 11 is 6.78. The summed E-state index contributed by atoms with van der Waals surface area (Å²) in [6.07, 6.45) is 3.88. The number of carbonyl (C=O) groups excluding carboxylic acids is 1. The molecule has 1 fully saturated rings. The predicted octanol–water partition coefficient (Wildman–Crippen LogP) is 3.88. The van der Waals surface area contributed by atoms with Crippen molar-refractivity contribution in [1.29, 1.82) is 0 Å². The molecule has 3 nitrogen and oxygen atoms in total. The average Bonchev–Trinajstić information content (AvgIpc) is 2.41. The van der Waals surface area contributed by atoms with Gasteiger partial charge in [0.1, 0.15) is 0 Å². The van der Waals surface area contributed by atoms with Crippen LogP contribution < -0.4 is 5.32 Å². The van der Waals surface area contributed by atoms with E-state index in [0.29, 0.717) is 11.5 Å². The minimum atomic E-state index is -0.476. The van der Waals surface area contributed by atoms with E-state index in [2.05, 4.69) is 44.1 Å². The Morgan fingerprint density at radius 2 is 2.25 bits per heavy atom. The molecule has 2 rings (SSSR count). The normalized spacial score (nSPS) is 26.3. The van der Waals surface area contributed by atoms with Crippen molar-refractivity contribution in [1.82, 2.24) is 5.32 Å². The predicted molar refractivity (Wildman–Crippen MR) is 86.8 cm³/mol. The van der Waals surface area contributed by atoms with Gasteiger partial charge < -0.3 is 10.4 Å². The molecule has 2 N–H and O–H groups in total. The fraction of sp³-hybridized carbons (Fsp3) is 0.533. The molecule has 0 bridgehead atoms. The van der Waals surface area contributed by atoms with Gasteiger partial charge in [0.25, 0.3) is 5.91 Å². The molecule has 0 radical (unpaired) electrons. The summed E-state index contributed by atoms with van der Waals surface area (Å²) in [6, 6.07) is 5.51. The lowest BCUT2D eigenvalue weighted by Crippen LogP contribution is -2.53. The van der Waals surface area contributed by atoms with Crippen LogP contribution in [0.25, 0.3) is 0 Å². The van der Waals surface area contributed by atoms with Crippen molar-refractivity contribution in [3.8, 4) is 0 Å². The second-order valence-electron chi connectivity index (χ2n) is 5.72. The van der Waals surface area contributed by atoms with Crippen LogP contribution >= 0.6 is 31.9 Å². The van der Waals surface area contributed by atoms with Gasteiger partial charge in [-0.25, -0.2) is 0 Å². The van der Waals surface area contributed by atoms with Crippen molar-refractivity contribution in [2.45, 2.75) is 38.1 Å². The number of halogens is 2. The number of aliphatic hydroxyl groups excluding tert-OH is 1. The van der Waals surface area contributed by atoms with Gasteiger partial charge in [-0.2, -0.15) is 0 Å². The molecule has 0 heterocycles. The summed E-state index contributed by atoms with van der Waals surface area (Å²) in [5, 5.41) is 12.8. The number of nitrogens with one attached hydrogen (secondary N) is 1. The van der Waals surface area contributed by atoms with Crippen molar-refractivity contribution in [2.75, 3.05) is 6.61 Å². The second kappa shape index (κ2) is 6.58. The molecule has 1 aliphatic carbocycles. The standard InChI is InChI=1S/C15H19Br2NO2/c1-10-3-2-6-15(8-10,9-19)18-14(20)12-7-11(16)4-5-13(12)17/h4-5,7,10,19H,2-3,6,8-9H2,1H3,(H,18,20). The molecule has 1 aromatic rings. The largest absolute Gasteiger partial charge is 0.394 e. The lowest BCUT2D eigenvalue weighted by atomic mass is 9.76. The summed E-state index contributed by atoms with van der Waals surface area (Å²) in [4.78, 5) is 12.5. The Hall–Kier alpha value is -0.390. The summed E-state index contributed by atoms with van der Waals surface area (Å²) in [6.45, 7) is 2.17. The lowest BCUT2D eigenvalue weighted by Gasteiger charge is -2.39. The number of amides is 1. The maximum absolute atomic E-state index is 12.5. The number of rotatable bonds is 3. The Morgan fingerprint density at radius 3 is 2.90 bits per heavy atom. The van der Waals surface area contributed by atoms with E-state index in [1.165, 1.54) is 0 Å². The van der Waals surface area contributed by atoms with Crippen LogP contribution in [0.4, 0.5) is 0 Å². The van der Waals surface area contributed by atoms with Crippen LogP contribution in [0, 0.1) is 5.92 Å². The molecule has 5 heteroatoms. The summed E-state index contributed by atoms with van der Waals surface area (Å²) in [5.41, 5.74) is 0.113. The Balaban J connectivity index is 2.19. The fourth-order valence-corrected chi connectivity index (χ4v) is 3.72. The van der Waals surface area contributed by atoms with E-state index >= 15 is 0 Å². The summed E-state index contributed by atoms with van der Waals surface area (Å²) in [5.74, 6) is 0.392. The third-order valence-corrected chi connectivity index (χ3v) is 5.13. The van der Waals surface area contributed by atoms with E-state index in [-0.39, 0.29) is 12.5 Å². The molecule has 1 saturated carbocycles. The van der Waals surface area contributed by atoms with Crippen molar-refractivity contribution >= 4 is 37.8 Å². The van der Waals surface area contributed by atoms with Crippen LogP contribution in [-0.2, 0) is 0 Å². The first kappa shape index (κ1) is 16.0. The van der Waals surface area contributed by atoms with Gasteiger partial charge in [-0.3, -0.25) is 4.79 Å². The highest BCUT2D eigenvalue weighted by molar-refractivity contribution is 9.11. The smallest absolute Gasteiger partial charge is 0.252 e. The quantitative estimate of drug-likeness (QED) is 0.802. The maximum Gasteiger partial charge on any atom is 0.252 e. The van der Waals surface area contributed by atoms with E-state index in [9.17, 15) is 9.90 Å². The van der Waals surface area contributed by atoms with Crippen LogP contribution in [0.2, 0.25) is 0 Å². The van der Waals surface area contributed by atoms with E-state index in [4.69, 9.17) is 0 Å². The Bertz CT molecular complexity index is 507. The van der Waals surface area contributed by atoms with Crippen LogP contribution in [0.15, 0.2) is 27.1 Å². The zero-order valence-electron chi connectivity index (χ0n) is 11.5. The molecule has 1 aliphatic rings. The minimum absolute atomic E-state index is 0.00526. The molecular weight excluding hydrogens is 386 g/mol. The molecule has 0 saturated heterocycles. The van der Waals surface area contributed by atoms with Gasteiger partial charge in [0.15, 0.2) is 0 Å². The van der Waals surface area contributed by atoms with E-state index < -0.39 is 5.54 Å². The van der Waals surface area contributed by atoms with Crippen LogP contribution in [-0.4, -0.2) is 23.2 Å². The molecule has 2 atom stereocenters. The van der Waals surface area contributed by atoms with Gasteiger partial charge in [-0.05, 0) is 52.9 Å². The average molecular weight is 405 g/mol. The fourth-order valence-electron chi connectivity index (χ4n) is 2.94. The van der Waals surface area contributed by atoms with Gasteiger partial charge >= 0.3 is 0 Å². The first-order valence-corrected chi connectivity index (χ1v) is 8.43. The molecule has 1 aromatic carbocycles. The highest BCUT2D eigenvalue weighted by Crippen LogP contribution is 2.32. The van der Waals surface area contributed by atoms with Gasteiger partial charge in [0.2, 0.25) is 0 Å². The van der Waals surface area contributed by atoms with Gasteiger partial charge in [-0.1, -0.05) is 35.7 Å². The lowest BCUT2D eigenvalue weighted by molar-refractivity contribution is 0.0696. The van der Waals surface area contributed by atoms with E-state index in [0.717, 1.165) is 34.6 Å². The number of benzene rings is 1. The molecule has 1 amide bonds. The second-order valence-corrected chi connectivity index (χ2v) is 7.49. The van der Waals surface area contributed by atoms with Crippen molar-refractivity contribution in [3.05, 3.63) is 32.7 Å². The van der Waals surface area contributed by atoms with Crippen LogP contribution in [0.5, 0.6) is 0 Å². The van der Waals surface area contributed by atoms with Crippen LogP contribution in [0.3, 0.4) is 0 Å². The Labute approximate surface area is 136 Å². The molecule has 0 aliphatic heterocycles. The number of carbonyl (C=O) groups is 1. The van der Waals surface area contributed by atoms with Crippen LogP contribution in [0.1, 0.15) is 43.0 Å². The van der Waals surface area contributed by atoms with Gasteiger partial charge in [-0.15, -0.1) is 0 Å². The molecule has 0 spiro atoms. The third kappa shape index (κ3) is 3.62. The summed E-state index contributed by atoms with van der Waals surface area (Å²) < 4.78 is 1.62.